The Morgan fingerprint density at radius 1 is 1.39 bits per heavy atom. The topological polar surface area (TPSA) is 64.4 Å². The van der Waals surface area contributed by atoms with E-state index in [0.717, 1.165) is 11.4 Å². The first kappa shape index (κ1) is 12.9. The van der Waals surface area contributed by atoms with E-state index in [9.17, 15) is 4.79 Å². The van der Waals surface area contributed by atoms with Crippen molar-refractivity contribution >= 4 is 11.6 Å². The van der Waals surface area contributed by atoms with Gasteiger partial charge in [-0.1, -0.05) is 26.8 Å². The van der Waals surface area contributed by atoms with Gasteiger partial charge in [0.2, 0.25) is 0 Å². The molecular weight excluding hydrogens is 228 g/mol. The van der Waals surface area contributed by atoms with Gasteiger partial charge in [-0.15, -0.1) is 0 Å². The lowest BCUT2D eigenvalue weighted by molar-refractivity contribution is -0.123. The fourth-order valence-corrected chi connectivity index (χ4v) is 1.96. The van der Waals surface area contributed by atoms with Crippen molar-refractivity contribution < 1.29 is 9.53 Å². The number of ether oxygens (including phenoxy) is 1. The Morgan fingerprint density at radius 3 is 2.72 bits per heavy atom. The number of carbonyl (C=O) groups is 1. The fraction of sp³-hybridized carbons (Fsp3) is 0.500. The zero-order valence-corrected chi connectivity index (χ0v) is 11.1. The molecule has 0 aliphatic carbocycles. The molecule has 1 aliphatic heterocycles. The molecule has 1 aliphatic rings. The normalized spacial score (nSPS) is 18.9. The number of hydrogen-bond acceptors (Lipinski definition) is 3. The lowest BCUT2D eigenvalue weighted by atomic mass is 9.86. The number of hydrogen-bond donors (Lipinski definition) is 2. The first-order valence-corrected chi connectivity index (χ1v) is 6.24. The molecule has 0 spiro atoms. The number of anilines is 1. The van der Waals surface area contributed by atoms with E-state index in [1.54, 1.807) is 0 Å². The maximum Gasteiger partial charge on any atom is 0.265 e. The van der Waals surface area contributed by atoms with Crippen LogP contribution in [0.2, 0.25) is 0 Å². The van der Waals surface area contributed by atoms with Crippen molar-refractivity contribution in [3.8, 4) is 5.75 Å². The maximum absolute atomic E-state index is 11.8. The van der Waals surface area contributed by atoms with Crippen molar-refractivity contribution in [2.75, 3.05) is 11.9 Å². The lowest BCUT2D eigenvalue weighted by Gasteiger charge is -2.28. The zero-order chi connectivity index (χ0) is 13.3. The quantitative estimate of drug-likeness (QED) is 0.841. The highest BCUT2D eigenvalue weighted by Gasteiger charge is 2.27. The largest absolute Gasteiger partial charge is 0.478 e. The minimum absolute atomic E-state index is 0.0495. The van der Waals surface area contributed by atoms with E-state index >= 15 is 0 Å². The van der Waals surface area contributed by atoms with E-state index < -0.39 is 6.10 Å². The zero-order valence-electron chi connectivity index (χ0n) is 11.1. The van der Waals surface area contributed by atoms with Gasteiger partial charge in [0, 0.05) is 6.42 Å². The average Bonchev–Trinajstić information content (AvgIpc) is 2.28. The van der Waals surface area contributed by atoms with Gasteiger partial charge in [0.1, 0.15) is 5.75 Å². The SMILES string of the molecule is CC(C)(C)c1ccc2c(c1)NC(=O)C(CCN)O2. The van der Waals surface area contributed by atoms with E-state index in [4.69, 9.17) is 10.5 Å². The van der Waals surface area contributed by atoms with Gasteiger partial charge in [-0.3, -0.25) is 4.79 Å². The molecule has 98 valence electrons. The van der Waals surface area contributed by atoms with Gasteiger partial charge in [-0.25, -0.2) is 0 Å². The number of nitrogens with two attached hydrogens (primary N) is 1. The van der Waals surface area contributed by atoms with E-state index in [1.165, 1.54) is 5.56 Å². The molecule has 0 saturated heterocycles. The Morgan fingerprint density at radius 2 is 2.11 bits per heavy atom. The van der Waals surface area contributed by atoms with Crippen LogP contribution in [-0.4, -0.2) is 18.6 Å². The summed E-state index contributed by atoms with van der Waals surface area (Å²) in [6.45, 7) is 6.85. The third-order valence-electron chi connectivity index (χ3n) is 3.09. The predicted octanol–water partition coefficient (Wildman–Crippen LogP) is 2.03. The molecule has 1 unspecified atom stereocenters. The fourth-order valence-electron chi connectivity index (χ4n) is 1.96. The molecule has 0 saturated carbocycles. The monoisotopic (exact) mass is 248 g/mol. The first-order valence-electron chi connectivity index (χ1n) is 6.24. The molecule has 1 heterocycles. The number of carbonyl (C=O) groups excluding carboxylic acids is 1. The standard InChI is InChI=1S/C14H20N2O2/c1-14(2,3)9-4-5-11-10(8-9)16-13(17)12(18-11)6-7-15/h4-5,8,12H,6-7,15H2,1-3H3,(H,16,17). The summed E-state index contributed by atoms with van der Waals surface area (Å²) < 4.78 is 5.66. The van der Waals surface area contributed by atoms with Crippen molar-refractivity contribution in [3.63, 3.8) is 0 Å². The molecule has 0 radical (unpaired) electrons. The van der Waals surface area contributed by atoms with Crippen LogP contribution < -0.4 is 15.8 Å². The van der Waals surface area contributed by atoms with Crippen molar-refractivity contribution in [1.82, 2.24) is 0 Å². The highest BCUT2D eigenvalue weighted by molar-refractivity contribution is 5.97. The Bertz CT molecular complexity index is 463. The highest BCUT2D eigenvalue weighted by Crippen LogP contribution is 2.34. The van der Waals surface area contributed by atoms with E-state index in [1.807, 2.05) is 18.2 Å². The summed E-state index contributed by atoms with van der Waals surface area (Å²) in [5.74, 6) is 0.611. The maximum atomic E-state index is 11.8. The third kappa shape index (κ3) is 2.48. The summed E-state index contributed by atoms with van der Waals surface area (Å²) in [6.07, 6.45) is 0.0646. The summed E-state index contributed by atoms with van der Waals surface area (Å²) in [5, 5.41) is 2.89. The lowest BCUT2D eigenvalue weighted by Crippen LogP contribution is -2.38. The van der Waals surface area contributed by atoms with Gasteiger partial charge >= 0.3 is 0 Å². The van der Waals surface area contributed by atoms with Crippen LogP contribution in [0.25, 0.3) is 0 Å². The van der Waals surface area contributed by atoms with Crippen LogP contribution in [-0.2, 0) is 10.2 Å². The molecule has 1 aromatic carbocycles. The Balaban J connectivity index is 2.29. The second kappa shape index (κ2) is 4.61. The van der Waals surface area contributed by atoms with Crippen LogP contribution in [0.1, 0.15) is 32.8 Å². The molecule has 0 fully saturated rings. The molecule has 0 bridgehead atoms. The number of nitrogens with one attached hydrogen (secondary N) is 1. The minimum atomic E-state index is -0.469. The summed E-state index contributed by atoms with van der Waals surface area (Å²) in [4.78, 5) is 11.8. The van der Waals surface area contributed by atoms with Crippen LogP contribution in [0.4, 0.5) is 5.69 Å². The van der Waals surface area contributed by atoms with Gasteiger partial charge in [0.05, 0.1) is 5.69 Å². The Hall–Kier alpha value is -1.55. The van der Waals surface area contributed by atoms with E-state index in [2.05, 4.69) is 26.1 Å². The van der Waals surface area contributed by atoms with Gasteiger partial charge in [-0.05, 0) is 29.7 Å². The molecule has 2 rings (SSSR count). The molecular formula is C14H20N2O2. The molecule has 4 heteroatoms. The number of amides is 1. The van der Waals surface area contributed by atoms with Crippen LogP contribution in [0, 0.1) is 0 Å². The summed E-state index contributed by atoms with van der Waals surface area (Å²) in [6, 6.07) is 5.93. The van der Waals surface area contributed by atoms with E-state index in [-0.39, 0.29) is 11.3 Å². The van der Waals surface area contributed by atoms with Crippen LogP contribution in [0.3, 0.4) is 0 Å². The van der Waals surface area contributed by atoms with Crippen molar-refractivity contribution in [2.45, 2.75) is 38.7 Å². The van der Waals surface area contributed by atoms with Gasteiger partial charge in [-0.2, -0.15) is 0 Å². The Kier molecular flexibility index (Phi) is 3.30. The van der Waals surface area contributed by atoms with Gasteiger partial charge in [0.15, 0.2) is 6.10 Å². The molecule has 1 atom stereocenters. The van der Waals surface area contributed by atoms with Gasteiger partial charge in [0.25, 0.3) is 5.91 Å². The molecule has 1 aromatic rings. The molecule has 4 nitrogen and oxygen atoms in total. The molecule has 1 amide bonds. The van der Waals surface area contributed by atoms with Crippen LogP contribution in [0.15, 0.2) is 18.2 Å². The third-order valence-corrected chi connectivity index (χ3v) is 3.09. The number of benzene rings is 1. The van der Waals surface area contributed by atoms with Crippen LogP contribution >= 0.6 is 0 Å². The first-order chi connectivity index (χ1) is 8.41. The number of fused-ring (bicyclic) bond motifs is 1. The molecule has 3 N–H and O–H groups in total. The van der Waals surface area contributed by atoms with Crippen LogP contribution in [0.5, 0.6) is 5.75 Å². The highest BCUT2D eigenvalue weighted by atomic mass is 16.5. The molecule has 18 heavy (non-hydrogen) atoms. The predicted molar refractivity (Wildman–Crippen MR) is 71.9 cm³/mol. The van der Waals surface area contributed by atoms with Crippen molar-refractivity contribution in [1.29, 1.82) is 0 Å². The van der Waals surface area contributed by atoms with E-state index in [0.29, 0.717) is 13.0 Å². The second-order valence-corrected chi connectivity index (χ2v) is 5.63. The Labute approximate surface area is 108 Å². The number of rotatable bonds is 2. The average molecular weight is 248 g/mol. The summed E-state index contributed by atoms with van der Waals surface area (Å²) in [7, 11) is 0. The summed E-state index contributed by atoms with van der Waals surface area (Å²) in [5.41, 5.74) is 7.43. The smallest absolute Gasteiger partial charge is 0.265 e. The van der Waals surface area contributed by atoms with Crippen molar-refractivity contribution in [2.24, 2.45) is 5.73 Å². The van der Waals surface area contributed by atoms with Crippen molar-refractivity contribution in [3.05, 3.63) is 23.8 Å². The molecule has 0 aromatic heterocycles. The second-order valence-electron chi connectivity index (χ2n) is 5.63. The minimum Gasteiger partial charge on any atom is -0.478 e. The van der Waals surface area contributed by atoms with Gasteiger partial charge < -0.3 is 15.8 Å². The summed E-state index contributed by atoms with van der Waals surface area (Å²) >= 11 is 0.